The second-order valence-corrected chi connectivity index (χ2v) is 8.12. The Bertz CT molecular complexity index is 589. The maximum Gasteiger partial charge on any atom is 0.150 e. The summed E-state index contributed by atoms with van der Waals surface area (Å²) in [4.78, 5) is 0. The number of nitrogens with one attached hydrogen (secondary N) is 1. The van der Waals surface area contributed by atoms with Gasteiger partial charge < -0.3 is 10.1 Å². The third-order valence-electron chi connectivity index (χ3n) is 3.90. The molecular formula is C15H22ClNO3S. The molecule has 1 N–H and O–H groups in total. The van der Waals surface area contributed by atoms with Gasteiger partial charge in [-0.05, 0) is 43.0 Å². The van der Waals surface area contributed by atoms with Crippen molar-refractivity contribution in [3.63, 3.8) is 0 Å². The Morgan fingerprint density at radius 1 is 1.48 bits per heavy atom. The molecule has 0 radical (unpaired) electrons. The standard InChI is InChI=1S/C15H22ClNO3S/c1-3-7-17-15(11-6-8-21(18,19)10-11)13-5-4-12(20-2)9-14(13)16/h4-5,9,11,15,17H,3,6-8,10H2,1-2H3. The highest BCUT2D eigenvalue weighted by Crippen LogP contribution is 2.36. The maximum atomic E-state index is 11.8. The highest BCUT2D eigenvalue weighted by Gasteiger charge is 2.35. The summed E-state index contributed by atoms with van der Waals surface area (Å²) in [6.07, 6.45) is 1.68. The van der Waals surface area contributed by atoms with Crippen LogP contribution in [0.15, 0.2) is 18.2 Å². The number of sulfone groups is 1. The van der Waals surface area contributed by atoms with Crippen LogP contribution in [0.3, 0.4) is 0 Å². The minimum Gasteiger partial charge on any atom is -0.497 e. The topological polar surface area (TPSA) is 55.4 Å². The third kappa shape index (κ3) is 4.11. The van der Waals surface area contributed by atoms with Gasteiger partial charge in [-0.2, -0.15) is 0 Å². The molecule has 0 spiro atoms. The number of benzene rings is 1. The Morgan fingerprint density at radius 3 is 2.76 bits per heavy atom. The Kier molecular flexibility index (Phi) is 5.52. The number of hydrogen-bond donors (Lipinski definition) is 1. The van der Waals surface area contributed by atoms with Gasteiger partial charge in [-0.1, -0.05) is 24.6 Å². The first-order valence-corrected chi connectivity index (χ1v) is 9.44. The van der Waals surface area contributed by atoms with Gasteiger partial charge in [0.15, 0.2) is 9.84 Å². The lowest BCUT2D eigenvalue weighted by Gasteiger charge is -2.25. The van der Waals surface area contributed by atoms with Gasteiger partial charge in [-0.3, -0.25) is 0 Å². The number of halogens is 1. The van der Waals surface area contributed by atoms with E-state index in [1.807, 2.05) is 12.1 Å². The van der Waals surface area contributed by atoms with E-state index < -0.39 is 9.84 Å². The van der Waals surface area contributed by atoms with Gasteiger partial charge in [-0.15, -0.1) is 0 Å². The van der Waals surface area contributed by atoms with Crippen molar-refractivity contribution >= 4 is 21.4 Å². The van der Waals surface area contributed by atoms with Crippen molar-refractivity contribution < 1.29 is 13.2 Å². The van der Waals surface area contributed by atoms with Crippen molar-refractivity contribution in [1.29, 1.82) is 0 Å². The summed E-state index contributed by atoms with van der Waals surface area (Å²) in [6, 6.07) is 5.55. The molecule has 0 saturated carbocycles. The van der Waals surface area contributed by atoms with E-state index >= 15 is 0 Å². The summed E-state index contributed by atoms with van der Waals surface area (Å²) >= 11 is 6.36. The first kappa shape index (κ1) is 16.6. The van der Waals surface area contributed by atoms with E-state index in [4.69, 9.17) is 16.3 Å². The molecule has 2 atom stereocenters. The summed E-state index contributed by atoms with van der Waals surface area (Å²) in [5.74, 6) is 1.29. The summed E-state index contributed by atoms with van der Waals surface area (Å²) in [5.41, 5.74) is 0.952. The van der Waals surface area contributed by atoms with Crippen LogP contribution in [0.1, 0.15) is 31.4 Å². The zero-order chi connectivity index (χ0) is 15.5. The van der Waals surface area contributed by atoms with Crippen LogP contribution in [0.25, 0.3) is 0 Å². The highest BCUT2D eigenvalue weighted by atomic mass is 35.5. The van der Waals surface area contributed by atoms with Crippen molar-refractivity contribution in [2.24, 2.45) is 5.92 Å². The number of rotatable bonds is 6. The predicted octanol–water partition coefficient (Wildman–Crippen LogP) is 2.82. The lowest BCUT2D eigenvalue weighted by molar-refractivity contribution is 0.390. The first-order valence-electron chi connectivity index (χ1n) is 7.24. The minimum atomic E-state index is -2.91. The molecule has 1 aliphatic heterocycles. The molecule has 1 aromatic carbocycles. The average Bonchev–Trinajstić information content (AvgIpc) is 2.80. The third-order valence-corrected chi connectivity index (χ3v) is 6.02. The molecule has 1 aromatic rings. The maximum absolute atomic E-state index is 11.8. The Labute approximate surface area is 131 Å². The fourth-order valence-electron chi connectivity index (χ4n) is 2.80. The molecule has 0 bridgehead atoms. The van der Waals surface area contributed by atoms with E-state index in [1.54, 1.807) is 13.2 Å². The van der Waals surface area contributed by atoms with E-state index in [-0.39, 0.29) is 23.5 Å². The molecule has 6 heteroatoms. The second-order valence-electron chi connectivity index (χ2n) is 5.48. The summed E-state index contributed by atoms with van der Waals surface area (Å²) < 4.78 is 28.7. The van der Waals surface area contributed by atoms with Crippen LogP contribution < -0.4 is 10.1 Å². The van der Waals surface area contributed by atoms with Crippen LogP contribution in [-0.4, -0.2) is 33.6 Å². The van der Waals surface area contributed by atoms with E-state index in [1.165, 1.54) is 0 Å². The summed E-state index contributed by atoms with van der Waals surface area (Å²) in [7, 11) is -1.31. The molecule has 2 unspecified atom stereocenters. The van der Waals surface area contributed by atoms with Gasteiger partial charge in [0.05, 0.1) is 18.6 Å². The quantitative estimate of drug-likeness (QED) is 0.871. The van der Waals surface area contributed by atoms with E-state index in [0.717, 1.165) is 18.5 Å². The highest BCUT2D eigenvalue weighted by molar-refractivity contribution is 7.91. The lowest BCUT2D eigenvalue weighted by Crippen LogP contribution is -2.30. The van der Waals surface area contributed by atoms with Crippen LogP contribution >= 0.6 is 11.6 Å². The van der Waals surface area contributed by atoms with Gasteiger partial charge in [-0.25, -0.2) is 8.42 Å². The molecule has 1 aliphatic rings. The van der Waals surface area contributed by atoms with Crippen molar-refractivity contribution in [3.05, 3.63) is 28.8 Å². The SMILES string of the molecule is CCCNC(c1ccc(OC)cc1Cl)C1CCS(=O)(=O)C1. The Morgan fingerprint density at radius 2 is 2.24 bits per heavy atom. The van der Waals surface area contributed by atoms with Crippen LogP contribution in [0.2, 0.25) is 5.02 Å². The molecule has 21 heavy (non-hydrogen) atoms. The van der Waals surface area contributed by atoms with Gasteiger partial charge in [0.2, 0.25) is 0 Å². The zero-order valence-electron chi connectivity index (χ0n) is 12.4. The van der Waals surface area contributed by atoms with Gasteiger partial charge in [0.1, 0.15) is 5.75 Å². The van der Waals surface area contributed by atoms with Crippen molar-refractivity contribution in [1.82, 2.24) is 5.32 Å². The first-order chi connectivity index (χ1) is 9.96. The molecule has 1 saturated heterocycles. The molecule has 1 fully saturated rings. The molecule has 1 heterocycles. The minimum absolute atomic E-state index is 0.0272. The average molecular weight is 332 g/mol. The van der Waals surface area contributed by atoms with Crippen molar-refractivity contribution in [3.8, 4) is 5.75 Å². The van der Waals surface area contributed by atoms with E-state index in [9.17, 15) is 8.42 Å². The number of ether oxygens (including phenoxy) is 1. The van der Waals surface area contributed by atoms with Crippen LogP contribution in [-0.2, 0) is 9.84 Å². The number of methoxy groups -OCH3 is 1. The fraction of sp³-hybridized carbons (Fsp3) is 0.600. The predicted molar refractivity (Wildman–Crippen MR) is 85.8 cm³/mol. The van der Waals surface area contributed by atoms with Crippen molar-refractivity contribution in [2.75, 3.05) is 25.2 Å². The summed E-state index contributed by atoms with van der Waals surface area (Å²) in [6.45, 7) is 2.93. The second kappa shape index (κ2) is 6.99. The normalized spacial score (nSPS) is 22.1. The smallest absolute Gasteiger partial charge is 0.150 e. The molecule has 0 amide bonds. The number of hydrogen-bond acceptors (Lipinski definition) is 4. The zero-order valence-corrected chi connectivity index (χ0v) is 14.0. The van der Waals surface area contributed by atoms with Crippen LogP contribution in [0.5, 0.6) is 5.75 Å². The monoisotopic (exact) mass is 331 g/mol. The van der Waals surface area contributed by atoms with Crippen LogP contribution in [0, 0.1) is 5.92 Å². The summed E-state index contributed by atoms with van der Waals surface area (Å²) in [5, 5.41) is 4.07. The van der Waals surface area contributed by atoms with E-state index in [0.29, 0.717) is 17.2 Å². The van der Waals surface area contributed by atoms with Gasteiger partial charge in [0, 0.05) is 11.1 Å². The van der Waals surface area contributed by atoms with Gasteiger partial charge >= 0.3 is 0 Å². The van der Waals surface area contributed by atoms with Gasteiger partial charge in [0.25, 0.3) is 0 Å². The molecule has 0 aromatic heterocycles. The Balaban J connectivity index is 2.27. The molecule has 0 aliphatic carbocycles. The van der Waals surface area contributed by atoms with Crippen LogP contribution in [0.4, 0.5) is 0 Å². The molecule has 2 rings (SSSR count). The molecule has 118 valence electrons. The Hall–Kier alpha value is -0.780. The molecular weight excluding hydrogens is 310 g/mol. The lowest BCUT2D eigenvalue weighted by atomic mass is 9.92. The van der Waals surface area contributed by atoms with Crippen molar-refractivity contribution in [2.45, 2.75) is 25.8 Å². The molecule has 4 nitrogen and oxygen atoms in total. The fourth-order valence-corrected chi connectivity index (χ4v) is 4.93. The largest absolute Gasteiger partial charge is 0.497 e. The van der Waals surface area contributed by atoms with E-state index in [2.05, 4.69) is 12.2 Å².